The number of carbonyl (C=O) groups excluding carboxylic acids is 1. The maximum absolute atomic E-state index is 13.9. The van der Waals surface area contributed by atoms with E-state index in [0.717, 1.165) is 49.4 Å². The summed E-state index contributed by atoms with van der Waals surface area (Å²) in [7, 11) is 0. The molecule has 144 valence electrons. The van der Waals surface area contributed by atoms with E-state index in [-0.39, 0.29) is 17.3 Å². The number of para-hydroxylation sites is 1. The molecule has 0 N–H and O–H groups in total. The van der Waals surface area contributed by atoms with Gasteiger partial charge in [-0.15, -0.1) is 0 Å². The third kappa shape index (κ3) is 3.35. The van der Waals surface area contributed by atoms with Gasteiger partial charge in [-0.25, -0.2) is 4.68 Å². The molecule has 0 spiro atoms. The molecule has 1 aromatic carbocycles. The Balaban J connectivity index is 1.73. The minimum Gasteiger partial charge on any atom is -0.335 e. The van der Waals surface area contributed by atoms with E-state index in [1.165, 1.54) is 0 Å². The standard InChI is InChI=1S/C20H22F3N3O/c21-20(22,23)18-16(13-24-26(18)15-9-2-1-3-10-15)19(27)25-12-6-8-14-7-4-5-11-17(14)25/h1-3,9-10,13-14,17H,4-8,11-12H2. The molecule has 2 heterocycles. The summed E-state index contributed by atoms with van der Waals surface area (Å²) in [5.74, 6) is -0.129. The molecule has 1 amide bonds. The molecule has 1 saturated carbocycles. The zero-order valence-corrected chi connectivity index (χ0v) is 15.0. The van der Waals surface area contributed by atoms with Crippen molar-refractivity contribution in [3.05, 3.63) is 47.8 Å². The average molecular weight is 377 g/mol. The minimum atomic E-state index is -4.67. The summed E-state index contributed by atoms with van der Waals surface area (Å²) in [6, 6.07) is 8.18. The van der Waals surface area contributed by atoms with Crippen molar-refractivity contribution in [3.63, 3.8) is 0 Å². The molecule has 7 heteroatoms. The largest absolute Gasteiger partial charge is 0.434 e. The molecule has 2 aromatic rings. The summed E-state index contributed by atoms with van der Waals surface area (Å²) >= 11 is 0. The van der Waals surface area contributed by atoms with Gasteiger partial charge in [-0.1, -0.05) is 31.0 Å². The van der Waals surface area contributed by atoms with Crippen LogP contribution in [0.2, 0.25) is 0 Å². The topological polar surface area (TPSA) is 38.1 Å². The van der Waals surface area contributed by atoms with Crippen molar-refractivity contribution in [3.8, 4) is 5.69 Å². The van der Waals surface area contributed by atoms with Crippen molar-refractivity contribution in [1.29, 1.82) is 0 Å². The van der Waals surface area contributed by atoms with Gasteiger partial charge in [0.25, 0.3) is 5.91 Å². The predicted molar refractivity (Wildman–Crippen MR) is 94.6 cm³/mol. The molecule has 2 atom stereocenters. The Kier molecular flexibility index (Phi) is 4.70. The Morgan fingerprint density at radius 1 is 1.04 bits per heavy atom. The third-order valence-electron chi connectivity index (χ3n) is 5.77. The van der Waals surface area contributed by atoms with Gasteiger partial charge in [0.2, 0.25) is 0 Å². The van der Waals surface area contributed by atoms with E-state index in [2.05, 4.69) is 5.10 Å². The maximum Gasteiger partial charge on any atom is 0.434 e. The second kappa shape index (κ2) is 7.02. The highest BCUT2D eigenvalue weighted by molar-refractivity contribution is 5.95. The predicted octanol–water partition coefficient (Wildman–Crippen LogP) is 4.69. The summed E-state index contributed by atoms with van der Waals surface area (Å²) in [6.45, 7) is 0.522. The van der Waals surface area contributed by atoms with Crippen LogP contribution in [0.25, 0.3) is 5.69 Å². The number of rotatable bonds is 2. The van der Waals surface area contributed by atoms with E-state index in [1.54, 1.807) is 35.2 Å². The van der Waals surface area contributed by atoms with Gasteiger partial charge in [0.1, 0.15) is 0 Å². The van der Waals surface area contributed by atoms with Gasteiger partial charge >= 0.3 is 6.18 Å². The molecule has 1 aromatic heterocycles. The first-order valence-electron chi connectivity index (χ1n) is 9.48. The van der Waals surface area contributed by atoms with Crippen molar-refractivity contribution in [1.82, 2.24) is 14.7 Å². The Morgan fingerprint density at radius 2 is 1.74 bits per heavy atom. The zero-order valence-electron chi connectivity index (χ0n) is 15.0. The Morgan fingerprint density at radius 3 is 2.48 bits per heavy atom. The fourth-order valence-corrected chi connectivity index (χ4v) is 4.57. The Hall–Kier alpha value is -2.31. The van der Waals surface area contributed by atoms with Crippen molar-refractivity contribution in [2.24, 2.45) is 5.92 Å². The molecule has 4 nitrogen and oxygen atoms in total. The summed E-state index contributed by atoms with van der Waals surface area (Å²) in [4.78, 5) is 14.8. The summed E-state index contributed by atoms with van der Waals surface area (Å²) in [5.41, 5.74) is -1.05. The smallest absolute Gasteiger partial charge is 0.335 e. The quantitative estimate of drug-likeness (QED) is 0.762. The summed E-state index contributed by atoms with van der Waals surface area (Å²) in [6.07, 6.45) is 2.42. The van der Waals surface area contributed by atoms with Crippen molar-refractivity contribution < 1.29 is 18.0 Å². The monoisotopic (exact) mass is 377 g/mol. The van der Waals surface area contributed by atoms with Crippen LogP contribution < -0.4 is 0 Å². The summed E-state index contributed by atoms with van der Waals surface area (Å²) < 4.78 is 42.4. The van der Waals surface area contributed by atoms with Gasteiger partial charge in [-0.2, -0.15) is 18.3 Å². The second-order valence-corrected chi connectivity index (χ2v) is 7.40. The first-order valence-corrected chi connectivity index (χ1v) is 9.48. The molecule has 4 rings (SSSR count). The number of piperidine rings is 1. The van der Waals surface area contributed by atoms with E-state index >= 15 is 0 Å². The maximum atomic E-state index is 13.9. The lowest BCUT2D eigenvalue weighted by Crippen LogP contribution is -2.49. The number of halogens is 3. The average Bonchev–Trinajstić information content (AvgIpc) is 3.13. The second-order valence-electron chi connectivity index (χ2n) is 7.40. The lowest BCUT2D eigenvalue weighted by Gasteiger charge is -2.44. The zero-order chi connectivity index (χ0) is 19.0. The summed E-state index contributed by atoms with van der Waals surface area (Å²) in [5, 5.41) is 3.92. The van der Waals surface area contributed by atoms with Crippen LogP contribution in [-0.4, -0.2) is 33.2 Å². The van der Waals surface area contributed by atoms with Crippen LogP contribution in [0.15, 0.2) is 36.5 Å². The van der Waals surface area contributed by atoms with E-state index in [0.29, 0.717) is 12.5 Å². The fourth-order valence-electron chi connectivity index (χ4n) is 4.57. The highest BCUT2D eigenvalue weighted by Crippen LogP contribution is 2.38. The molecule has 2 unspecified atom stereocenters. The minimum absolute atomic E-state index is 0.0566. The number of alkyl halides is 3. The van der Waals surface area contributed by atoms with Crippen molar-refractivity contribution in [2.75, 3.05) is 6.54 Å². The number of aromatic nitrogens is 2. The van der Waals surface area contributed by atoms with Gasteiger partial charge in [0.05, 0.1) is 17.4 Å². The molecule has 1 saturated heterocycles. The molecule has 0 radical (unpaired) electrons. The third-order valence-corrected chi connectivity index (χ3v) is 5.77. The van der Waals surface area contributed by atoms with Gasteiger partial charge < -0.3 is 4.90 Å². The number of carbonyl (C=O) groups is 1. The number of nitrogens with zero attached hydrogens (tertiary/aromatic N) is 3. The van der Waals surface area contributed by atoms with Gasteiger partial charge in [-0.05, 0) is 43.7 Å². The Labute approximate surface area is 156 Å². The van der Waals surface area contributed by atoms with Crippen LogP contribution in [0.4, 0.5) is 13.2 Å². The number of hydrogen-bond acceptors (Lipinski definition) is 2. The number of fused-ring (bicyclic) bond motifs is 1. The Bertz CT molecular complexity index is 814. The van der Waals surface area contributed by atoms with Crippen LogP contribution in [0.1, 0.15) is 54.6 Å². The van der Waals surface area contributed by atoms with Crippen LogP contribution in [-0.2, 0) is 6.18 Å². The van der Waals surface area contributed by atoms with Gasteiger partial charge in [0, 0.05) is 12.6 Å². The number of hydrogen-bond donors (Lipinski definition) is 0. The molecular formula is C20H22F3N3O. The highest BCUT2D eigenvalue weighted by Gasteiger charge is 2.43. The molecular weight excluding hydrogens is 355 g/mol. The number of likely N-dealkylation sites (tertiary alicyclic amines) is 1. The lowest BCUT2D eigenvalue weighted by atomic mass is 9.78. The molecule has 1 aliphatic carbocycles. The van der Waals surface area contributed by atoms with E-state index in [1.807, 2.05) is 0 Å². The molecule has 2 fully saturated rings. The normalized spacial score (nSPS) is 23.1. The number of amides is 1. The first kappa shape index (κ1) is 18.1. The van der Waals surface area contributed by atoms with Crippen LogP contribution in [0, 0.1) is 5.92 Å². The van der Waals surface area contributed by atoms with Gasteiger partial charge in [0.15, 0.2) is 5.69 Å². The van der Waals surface area contributed by atoms with Crippen molar-refractivity contribution >= 4 is 5.91 Å². The fraction of sp³-hybridized carbons (Fsp3) is 0.500. The van der Waals surface area contributed by atoms with E-state index in [9.17, 15) is 18.0 Å². The lowest BCUT2D eigenvalue weighted by molar-refractivity contribution is -0.143. The first-order chi connectivity index (χ1) is 13.0. The van der Waals surface area contributed by atoms with Crippen LogP contribution >= 0.6 is 0 Å². The molecule has 27 heavy (non-hydrogen) atoms. The van der Waals surface area contributed by atoms with E-state index < -0.39 is 17.8 Å². The number of benzene rings is 1. The SMILES string of the molecule is O=C(c1cnn(-c2ccccc2)c1C(F)(F)F)N1CCCC2CCCCC21. The molecule has 2 aliphatic rings. The van der Waals surface area contributed by atoms with Crippen LogP contribution in [0.5, 0.6) is 0 Å². The van der Waals surface area contributed by atoms with Crippen molar-refractivity contribution in [2.45, 2.75) is 50.7 Å². The highest BCUT2D eigenvalue weighted by atomic mass is 19.4. The van der Waals surface area contributed by atoms with Crippen LogP contribution in [0.3, 0.4) is 0 Å². The molecule has 1 aliphatic heterocycles. The van der Waals surface area contributed by atoms with Gasteiger partial charge in [-0.3, -0.25) is 4.79 Å². The van der Waals surface area contributed by atoms with E-state index in [4.69, 9.17) is 0 Å². The molecule has 0 bridgehead atoms.